The summed E-state index contributed by atoms with van der Waals surface area (Å²) in [6.45, 7) is 3.63. The van der Waals surface area contributed by atoms with Crippen LogP contribution in [-0.2, 0) is 10.8 Å². The van der Waals surface area contributed by atoms with Gasteiger partial charge in [-0.05, 0) is 38.5 Å². The van der Waals surface area contributed by atoms with E-state index in [4.69, 9.17) is 0 Å². The zero-order valence-corrected chi connectivity index (χ0v) is 11.2. The molecule has 98 valence electrons. The lowest BCUT2D eigenvalue weighted by Crippen LogP contribution is -2.08. The molecule has 0 saturated carbocycles. The lowest BCUT2D eigenvalue weighted by molar-refractivity contribution is 0.303. The van der Waals surface area contributed by atoms with Crippen molar-refractivity contribution in [2.24, 2.45) is 0 Å². The highest BCUT2D eigenvalue weighted by Crippen LogP contribution is 2.09. The SMILES string of the molecule is CCC(F)CCCS(=O)CCCC(F)CC. The molecule has 2 unspecified atom stereocenters. The van der Waals surface area contributed by atoms with Crippen LogP contribution in [0.2, 0.25) is 0 Å². The topological polar surface area (TPSA) is 17.1 Å². The Hall–Kier alpha value is 0.01000. The van der Waals surface area contributed by atoms with Gasteiger partial charge in [0.1, 0.15) is 0 Å². The van der Waals surface area contributed by atoms with E-state index >= 15 is 0 Å². The highest BCUT2D eigenvalue weighted by molar-refractivity contribution is 7.84. The van der Waals surface area contributed by atoms with Gasteiger partial charge in [-0.2, -0.15) is 0 Å². The van der Waals surface area contributed by atoms with Gasteiger partial charge in [-0.25, -0.2) is 8.78 Å². The van der Waals surface area contributed by atoms with Gasteiger partial charge in [-0.1, -0.05) is 13.8 Å². The van der Waals surface area contributed by atoms with Crippen molar-refractivity contribution in [3.8, 4) is 0 Å². The molecule has 0 aliphatic rings. The van der Waals surface area contributed by atoms with E-state index in [9.17, 15) is 13.0 Å². The molecule has 4 heteroatoms. The van der Waals surface area contributed by atoms with Crippen LogP contribution in [0.15, 0.2) is 0 Å². The molecule has 0 aromatic rings. The van der Waals surface area contributed by atoms with E-state index in [1.54, 1.807) is 0 Å². The molecule has 0 radical (unpaired) electrons. The van der Waals surface area contributed by atoms with E-state index in [0.29, 0.717) is 50.0 Å². The molecule has 0 saturated heterocycles. The second-order valence-corrected chi connectivity index (χ2v) is 5.84. The fourth-order valence-electron chi connectivity index (χ4n) is 1.44. The lowest BCUT2D eigenvalue weighted by atomic mass is 10.2. The fourth-order valence-corrected chi connectivity index (χ4v) is 2.62. The lowest BCUT2D eigenvalue weighted by Gasteiger charge is -2.06. The minimum absolute atomic E-state index is 0.503. The maximum Gasteiger partial charge on any atom is 0.0999 e. The van der Waals surface area contributed by atoms with Gasteiger partial charge >= 0.3 is 0 Å². The summed E-state index contributed by atoms with van der Waals surface area (Å²) in [5.74, 6) is 1.12. The van der Waals surface area contributed by atoms with E-state index in [1.807, 2.05) is 13.8 Å². The highest BCUT2D eigenvalue weighted by atomic mass is 32.2. The summed E-state index contributed by atoms with van der Waals surface area (Å²) in [6.07, 6.45) is 1.91. The summed E-state index contributed by atoms with van der Waals surface area (Å²) < 4.78 is 37.1. The van der Waals surface area contributed by atoms with Crippen molar-refractivity contribution in [3.05, 3.63) is 0 Å². The minimum Gasteiger partial charge on any atom is -0.260 e. The van der Waals surface area contributed by atoms with Crippen LogP contribution in [0.3, 0.4) is 0 Å². The first-order valence-corrected chi connectivity index (χ1v) is 7.72. The molecule has 2 atom stereocenters. The van der Waals surface area contributed by atoms with Gasteiger partial charge in [-0.3, -0.25) is 4.21 Å². The van der Waals surface area contributed by atoms with Gasteiger partial charge in [0.05, 0.1) is 12.3 Å². The highest BCUT2D eigenvalue weighted by Gasteiger charge is 2.07. The van der Waals surface area contributed by atoms with Crippen molar-refractivity contribution in [1.82, 2.24) is 0 Å². The van der Waals surface area contributed by atoms with Crippen LogP contribution in [-0.4, -0.2) is 28.1 Å². The third-order valence-corrected chi connectivity index (χ3v) is 4.15. The van der Waals surface area contributed by atoms with Crippen molar-refractivity contribution in [2.75, 3.05) is 11.5 Å². The van der Waals surface area contributed by atoms with E-state index in [0.717, 1.165) is 0 Å². The molecule has 0 aromatic carbocycles. The third kappa shape index (κ3) is 9.25. The third-order valence-electron chi connectivity index (χ3n) is 2.66. The summed E-state index contributed by atoms with van der Waals surface area (Å²) in [5.41, 5.74) is 0. The monoisotopic (exact) mass is 254 g/mol. The van der Waals surface area contributed by atoms with E-state index in [-0.39, 0.29) is 0 Å². The minimum atomic E-state index is -0.890. The molecular formula is C12H24F2OS. The first-order chi connectivity index (χ1) is 7.60. The Morgan fingerprint density at radius 2 is 1.31 bits per heavy atom. The number of rotatable bonds is 10. The predicted octanol–water partition coefficient (Wildman–Crippen LogP) is 3.79. The Labute approximate surface area is 100 Å². The molecule has 1 nitrogen and oxygen atoms in total. The van der Waals surface area contributed by atoms with E-state index in [2.05, 4.69) is 0 Å². The molecule has 0 aromatic heterocycles. The smallest absolute Gasteiger partial charge is 0.0999 e. The maximum absolute atomic E-state index is 12.8. The van der Waals surface area contributed by atoms with Gasteiger partial charge in [-0.15, -0.1) is 0 Å². The van der Waals surface area contributed by atoms with Crippen molar-refractivity contribution in [3.63, 3.8) is 0 Å². The molecule has 0 amide bonds. The predicted molar refractivity (Wildman–Crippen MR) is 66.7 cm³/mol. The molecule has 0 heterocycles. The van der Waals surface area contributed by atoms with Crippen LogP contribution >= 0.6 is 0 Å². The zero-order valence-electron chi connectivity index (χ0n) is 10.4. The van der Waals surface area contributed by atoms with Crippen molar-refractivity contribution >= 4 is 10.8 Å². The molecule has 0 spiro atoms. The summed E-state index contributed by atoms with van der Waals surface area (Å²) >= 11 is 0. The van der Waals surface area contributed by atoms with E-state index < -0.39 is 23.1 Å². The van der Waals surface area contributed by atoms with Crippen LogP contribution in [0.4, 0.5) is 8.78 Å². The van der Waals surface area contributed by atoms with Crippen molar-refractivity contribution in [2.45, 2.75) is 64.7 Å². The van der Waals surface area contributed by atoms with Gasteiger partial charge in [0.15, 0.2) is 0 Å². The number of halogens is 2. The Bertz CT molecular complexity index is 170. The molecule has 0 aliphatic carbocycles. The van der Waals surface area contributed by atoms with Crippen LogP contribution in [0.1, 0.15) is 52.4 Å². The Kier molecular flexibility index (Phi) is 10.2. The van der Waals surface area contributed by atoms with Crippen LogP contribution < -0.4 is 0 Å². The first kappa shape index (κ1) is 16.0. The first-order valence-electron chi connectivity index (χ1n) is 6.23. The molecule has 0 fully saturated rings. The van der Waals surface area contributed by atoms with Gasteiger partial charge in [0.2, 0.25) is 0 Å². The second-order valence-electron chi connectivity index (χ2n) is 4.14. The normalized spacial score (nSPS) is 17.0. The summed E-state index contributed by atoms with van der Waals surface area (Å²) in [5, 5.41) is 0. The average molecular weight is 254 g/mol. The molecular weight excluding hydrogens is 230 g/mol. The molecule has 0 rings (SSSR count). The quantitative estimate of drug-likeness (QED) is 0.579. The number of alkyl halides is 2. The van der Waals surface area contributed by atoms with E-state index in [1.165, 1.54) is 0 Å². The summed E-state index contributed by atoms with van der Waals surface area (Å²) in [4.78, 5) is 0. The molecule has 16 heavy (non-hydrogen) atoms. The average Bonchev–Trinajstić information content (AvgIpc) is 2.28. The molecule has 0 bridgehead atoms. The van der Waals surface area contributed by atoms with Crippen molar-refractivity contribution < 1.29 is 13.0 Å². The van der Waals surface area contributed by atoms with Gasteiger partial charge < -0.3 is 0 Å². The van der Waals surface area contributed by atoms with Gasteiger partial charge in [0, 0.05) is 22.3 Å². The zero-order chi connectivity index (χ0) is 12.4. The standard InChI is InChI=1S/C12H24F2OS/c1-3-11(13)7-5-9-16(15)10-6-8-12(14)4-2/h11-12H,3-10H2,1-2H3. The number of hydrogen-bond donors (Lipinski definition) is 0. The summed E-state index contributed by atoms with van der Waals surface area (Å²) in [7, 11) is -0.890. The maximum atomic E-state index is 12.8. The number of hydrogen-bond acceptors (Lipinski definition) is 1. The van der Waals surface area contributed by atoms with Crippen LogP contribution in [0, 0.1) is 0 Å². The summed E-state index contributed by atoms with van der Waals surface area (Å²) in [6, 6.07) is 0. The molecule has 0 aliphatic heterocycles. The van der Waals surface area contributed by atoms with Gasteiger partial charge in [0.25, 0.3) is 0 Å². The molecule has 0 N–H and O–H groups in total. The van der Waals surface area contributed by atoms with Crippen LogP contribution in [0.25, 0.3) is 0 Å². The van der Waals surface area contributed by atoms with Crippen LogP contribution in [0.5, 0.6) is 0 Å². The van der Waals surface area contributed by atoms with Crippen molar-refractivity contribution in [1.29, 1.82) is 0 Å². The fraction of sp³-hybridized carbons (Fsp3) is 1.00. The Morgan fingerprint density at radius 3 is 1.62 bits per heavy atom. The largest absolute Gasteiger partial charge is 0.260 e. The second kappa shape index (κ2) is 10.2. The Morgan fingerprint density at radius 1 is 0.938 bits per heavy atom. The Balaban J connectivity index is 3.38.